The van der Waals surface area contributed by atoms with E-state index < -0.39 is 0 Å². The van der Waals surface area contributed by atoms with Gasteiger partial charge in [0.25, 0.3) is 5.56 Å². The minimum absolute atomic E-state index is 0.0216. The van der Waals surface area contributed by atoms with Gasteiger partial charge in [-0.1, -0.05) is 25.4 Å². The molecule has 0 saturated carbocycles. The highest BCUT2D eigenvalue weighted by Gasteiger charge is 2.25. The third-order valence-corrected chi connectivity index (χ3v) is 4.55. The summed E-state index contributed by atoms with van der Waals surface area (Å²) in [6, 6.07) is 5.00. The standard InChI is InChI=1S/C17H20ClN3O2/c1-11-5-12(2)8-20(7-11)16(22)9-21-10-19-15-4-3-13(18)6-14(15)17(21)23/h3-4,6,10-12H,5,7-9H2,1-2H3. The maximum atomic E-state index is 12.5. The van der Waals surface area contributed by atoms with Crippen molar-refractivity contribution in [3.8, 4) is 0 Å². The number of nitrogens with zero attached hydrogens (tertiary/aromatic N) is 3. The molecule has 0 spiro atoms. The molecule has 2 unspecified atom stereocenters. The number of carbonyl (C=O) groups is 1. The number of benzene rings is 1. The van der Waals surface area contributed by atoms with Crippen molar-refractivity contribution in [3.05, 3.63) is 39.9 Å². The maximum Gasteiger partial charge on any atom is 0.261 e. The lowest BCUT2D eigenvalue weighted by molar-refractivity contribution is -0.134. The second-order valence-electron chi connectivity index (χ2n) is 6.58. The van der Waals surface area contributed by atoms with Gasteiger partial charge in [-0.2, -0.15) is 0 Å². The second kappa shape index (κ2) is 6.32. The molecule has 0 aliphatic carbocycles. The zero-order valence-corrected chi connectivity index (χ0v) is 14.1. The Bertz CT molecular complexity index is 792. The van der Waals surface area contributed by atoms with Gasteiger partial charge in [-0.25, -0.2) is 4.98 Å². The molecule has 1 aliphatic heterocycles. The van der Waals surface area contributed by atoms with Crippen LogP contribution in [0.2, 0.25) is 5.02 Å². The van der Waals surface area contributed by atoms with Crippen LogP contribution < -0.4 is 5.56 Å². The zero-order valence-electron chi connectivity index (χ0n) is 13.3. The smallest absolute Gasteiger partial charge is 0.261 e. The number of rotatable bonds is 2. The quantitative estimate of drug-likeness (QED) is 0.848. The average Bonchev–Trinajstić information content (AvgIpc) is 2.49. The van der Waals surface area contributed by atoms with Crippen molar-refractivity contribution in [1.29, 1.82) is 0 Å². The van der Waals surface area contributed by atoms with E-state index in [1.165, 1.54) is 10.9 Å². The monoisotopic (exact) mass is 333 g/mol. The van der Waals surface area contributed by atoms with Gasteiger partial charge in [0.1, 0.15) is 6.54 Å². The predicted molar refractivity (Wildman–Crippen MR) is 90.5 cm³/mol. The van der Waals surface area contributed by atoms with Crippen LogP contribution in [-0.4, -0.2) is 33.4 Å². The van der Waals surface area contributed by atoms with E-state index in [0.29, 0.717) is 27.8 Å². The van der Waals surface area contributed by atoms with E-state index in [4.69, 9.17) is 11.6 Å². The van der Waals surface area contributed by atoms with Crippen LogP contribution in [-0.2, 0) is 11.3 Å². The van der Waals surface area contributed by atoms with Gasteiger partial charge in [0.2, 0.25) is 5.91 Å². The summed E-state index contributed by atoms with van der Waals surface area (Å²) in [5.41, 5.74) is 0.354. The SMILES string of the molecule is CC1CC(C)CN(C(=O)Cn2cnc3ccc(Cl)cc3c2=O)C1. The molecule has 5 nitrogen and oxygen atoms in total. The van der Waals surface area contributed by atoms with Gasteiger partial charge in [-0.15, -0.1) is 0 Å². The van der Waals surface area contributed by atoms with Crippen molar-refractivity contribution in [2.24, 2.45) is 11.8 Å². The van der Waals surface area contributed by atoms with Crippen molar-refractivity contribution in [3.63, 3.8) is 0 Å². The highest BCUT2D eigenvalue weighted by molar-refractivity contribution is 6.31. The molecule has 23 heavy (non-hydrogen) atoms. The fourth-order valence-corrected chi connectivity index (χ4v) is 3.53. The molecule has 0 bridgehead atoms. The van der Waals surface area contributed by atoms with Gasteiger partial charge in [0, 0.05) is 18.1 Å². The first kappa shape index (κ1) is 16.0. The van der Waals surface area contributed by atoms with E-state index in [9.17, 15) is 9.59 Å². The van der Waals surface area contributed by atoms with Gasteiger partial charge < -0.3 is 4.90 Å². The van der Waals surface area contributed by atoms with Crippen molar-refractivity contribution >= 4 is 28.4 Å². The van der Waals surface area contributed by atoms with E-state index in [1.807, 2.05) is 4.90 Å². The highest BCUT2D eigenvalue weighted by Crippen LogP contribution is 2.21. The number of carbonyl (C=O) groups excluding carboxylic acids is 1. The zero-order chi connectivity index (χ0) is 16.6. The van der Waals surface area contributed by atoms with Gasteiger partial charge >= 0.3 is 0 Å². The first-order valence-electron chi connectivity index (χ1n) is 7.86. The largest absolute Gasteiger partial charge is 0.341 e. The Labute approximate surface area is 139 Å². The molecular formula is C17H20ClN3O2. The first-order valence-corrected chi connectivity index (χ1v) is 8.24. The summed E-state index contributed by atoms with van der Waals surface area (Å²) in [7, 11) is 0. The summed E-state index contributed by atoms with van der Waals surface area (Å²) >= 11 is 5.95. The molecule has 122 valence electrons. The molecule has 1 aromatic carbocycles. The third-order valence-electron chi connectivity index (χ3n) is 4.31. The molecule has 2 aromatic rings. The van der Waals surface area contributed by atoms with Gasteiger partial charge in [-0.3, -0.25) is 14.2 Å². The van der Waals surface area contributed by atoms with Crippen molar-refractivity contribution < 1.29 is 4.79 Å². The highest BCUT2D eigenvalue weighted by atomic mass is 35.5. The van der Waals surface area contributed by atoms with Crippen molar-refractivity contribution in [1.82, 2.24) is 14.5 Å². The van der Waals surface area contributed by atoms with E-state index in [1.54, 1.807) is 18.2 Å². The summed E-state index contributed by atoms with van der Waals surface area (Å²) in [6.45, 7) is 5.84. The molecule has 2 atom stereocenters. The van der Waals surface area contributed by atoms with E-state index in [-0.39, 0.29) is 18.0 Å². The van der Waals surface area contributed by atoms with Crippen LogP contribution in [0.15, 0.2) is 29.3 Å². The normalized spacial score (nSPS) is 21.6. The van der Waals surface area contributed by atoms with Crippen molar-refractivity contribution in [2.45, 2.75) is 26.8 Å². The Kier molecular flexibility index (Phi) is 4.39. The molecular weight excluding hydrogens is 314 g/mol. The summed E-state index contributed by atoms with van der Waals surface area (Å²) in [5, 5.41) is 0.923. The van der Waals surface area contributed by atoms with Crippen LogP contribution in [0.3, 0.4) is 0 Å². The molecule has 6 heteroatoms. The van der Waals surface area contributed by atoms with Crippen LogP contribution in [0, 0.1) is 11.8 Å². The van der Waals surface area contributed by atoms with Crippen LogP contribution in [0.4, 0.5) is 0 Å². The van der Waals surface area contributed by atoms with Gasteiger partial charge in [-0.05, 0) is 36.5 Å². The molecule has 0 N–H and O–H groups in total. The van der Waals surface area contributed by atoms with Crippen molar-refractivity contribution in [2.75, 3.05) is 13.1 Å². The lowest BCUT2D eigenvalue weighted by Crippen LogP contribution is -2.44. The van der Waals surface area contributed by atoms with Crippen LogP contribution >= 0.6 is 11.6 Å². The number of piperidine rings is 1. The number of hydrogen-bond acceptors (Lipinski definition) is 3. The topological polar surface area (TPSA) is 55.2 Å². The van der Waals surface area contributed by atoms with E-state index in [2.05, 4.69) is 18.8 Å². The Balaban J connectivity index is 1.85. The van der Waals surface area contributed by atoms with Crippen LogP contribution in [0.5, 0.6) is 0 Å². The fourth-order valence-electron chi connectivity index (χ4n) is 3.36. The summed E-state index contributed by atoms with van der Waals surface area (Å²) in [5.74, 6) is 0.953. The van der Waals surface area contributed by atoms with E-state index >= 15 is 0 Å². The summed E-state index contributed by atoms with van der Waals surface area (Å²) in [4.78, 5) is 31.1. The Morgan fingerprint density at radius 1 is 1.30 bits per heavy atom. The lowest BCUT2D eigenvalue weighted by atomic mass is 9.92. The third kappa shape index (κ3) is 3.39. The van der Waals surface area contributed by atoms with Gasteiger partial charge in [0.15, 0.2) is 0 Å². The number of fused-ring (bicyclic) bond motifs is 1. The lowest BCUT2D eigenvalue weighted by Gasteiger charge is -2.35. The molecule has 2 heterocycles. The molecule has 1 amide bonds. The fraction of sp³-hybridized carbons (Fsp3) is 0.471. The number of aromatic nitrogens is 2. The van der Waals surface area contributed by atoms with Gasteiger partial charge in [0.05, 0.1) is 17.2 Å². The number of hydrogen-bond donors (Lipinski definition) is 0. The molecule has 3 rings (SSSR count). The number of likely N-dealkylation sites (tertiary alicyclic amines) is 1. The Hall–Kier alpha value is -1.88. The van der Waals surface area contributed by atoms with Crippen LogP contribution in [0.25, 0.3) is 10.9 Å². The molecule has 1 aliphatic rings. The average molecular weight is 334 g/mol. The minimum Gasteiger partial charge on any atom is -0.341 e. The molecule has 1 saturated heterocycles. The summed E-state index contributed by atoms with van der Waals surface area (Å²) in [6.07, 6.45) is 2.58. The predicted octanol–water partition coefficient (Wildman–Crippen LogP) is 2.55. The molecule has 1 fully saturated rings. The Morgan fingerprint density at radius 3 is 2.70 bits per heavy atom. The van der Waals surface area contributed by atoms with Crippen LogP contribution in [0.1, 0.15) is 20.3 Å². The molecule has 1 aromatic heterocycles. The minimum atomic E-state index is -0.232. The molecule has 0 radical (unpaired) electrons. The first-order chi connectivity index (χ1) is 10.9. The van der Waals surface area contributed by atoms with E-state index in [0.717, 1.165) is 19.5 Å². The number of amides is 1. The number of halogens is 1. The Morgan fingerprint density at radius 2 is 2.00 bits per heavy atom. The second-order valence-corrected chi connectivity index (χ2v) is 7.02. The summed E-state index contributed by atoms with van der Waals surface area (Å²) < 4.78 is 1.37. The maximum absolute atomic E-state index is 12.5.